The molecular weight excluding hydrogens is 397 g/mol. The molecule has 1 aromatic carbocycles. The van der Waals surface area contributed by atoms with Gasteiger partial charge in [0.25, 0.3) is 0 Å². The number of benzene rings is 1. The van der Waals surface area contributed by atoms with Crippen molar-refractivity contribution in [3.05, 3.63) is 48.2 Å². The van der Waals surface area contributed by atoms with Gasteiger partial charge in [0.2, 0.25) is 15.9 Å². The Morgan fingerprint density at radius 1 is 1.24 bits per heavy atom. The number of amides is 1. The molecule has 1 N–H and O–H groups in total. The number of aryl methyl sites for hydroxylation is 2. The highest BCUT2D eigenvalue weighted by Gasteiger charge is 2.19. The van der Waals surface area contributed by atoms with Crippen molar-refractivity contribution >= 4 is 32.8 Å². The summed E-state index contributed by atoms with van der Waals surface area (Å²) in [4.78, 5) is 20.7. The second-order valence-electron chi connectivity index (χ2n) is 6.62. The second kappa shape index (κ2) is 8.26. The molecule has 0 radical (unpaired) electrons. The lowest BCUT2D eigenvalue weighted by Gasteiger charge is -2.11. The average molecular weight is 419 g/mol. The number of imidazole rings is 1. The summed E-state index contributed by atoms with van der Waals surface area (Å²) in [6.45, 7) is 2.59. The maximum absolute atomic E-state index is 12.9. The minimum absolute atomic E-state index is 0.158. The molecule has 0 aliphatic rings. The molecule has 3 aromatic rings. The number of halogens is 1. The van der Waals surface area contributed by atoms with Crippen molar-refractivity contribution < 1.29 is 17.6 Å². The van der Waals surface area contributed by atoms with Gasteiger partial charge < -0.3 is 9.88 Å². The van der Waals surface area contributed by atoms with E-state index in [1.54, 1.807) is 18.2 Å². The standard InChI is InChI=1S/C19H22FN5O3S/c1-4-25-16-7-6-14(29(27,28)24(2)3)11-15(16)22-18(25)9-10-19(26)23-17-8-5-13(20)12-21-17/h5-8,11-12H,4,9-10H2,1-3H3,(H,21,23,26). The number of hydrogen-bond acceptors (Lipinski definition) is 5. The number of carbonyl (C=O) groups excluding carboxylic acids is 1. The zero-order valence-corrected chi connectivity index (χ0v) is 17.2. The van der Waals surface area contributed by atoms with E-state index in [2.05, 4.69) is 15.3 Å². The summed E-state index contributed by atoms with van der Waals surface area (Å²) in [6, 6.07) is 7.44. The van der Waals surface area contributed by atoms with E-state index in [1.165, 1.54) is 26.2 Å². The minimum Gasteiger partial charge on any atom is -0.328 e. The Balaban J connectivity index is 1.80. The van der Waals surface area contributed by atoms with Crippen molar-refractivity contribution in [2.45, 2.75) is 31.2 Å². The number of nitrogens with one attached hydrogen (secondary N) is 1. The Bertz CT molecular complexity index is 1140. The average Bonchev–Trinajstić information content (AvgIpc) is 3.04. The molecule has 0 saturated heterocycles. The maximum Gasteiger partial charge on any atom is 0.242 e. The first-order valence-electron chi connectivity index (χ1n) is 9.05. The van der Waals surface area contributed by atoms with Crippen LogP contribution in [-0.2, 0) is 27.8 Å². The zero-order chi connectivity index (χ0) is 21.2. The molecule has 3 rings (SSSR count). The van der Waals surface area contributed by atoms with Crippen LogP contribution in [0.2, 0.25) is 0 Å². The van der Waals surface area contributed by atoms with E-state index in [0.29, 0.717) is 24.3 Å². The fourth-order valence-corrected chi connectivity index (χ4v) is 3.88. The number of pyridine rings is 1. The van der Waals surface area contributed by atoms with Gasteiger partial charge in [-0.3, -0.25) is 4.79 Å². The first kappa shape index (κ1) is 20.9. The molecule has 8 nitrogen and oxygen atoms in total. The third-order valence-electron chi connectivity index (χ3n) is 4.46. The molecule has 0 saturated carbocycles. The Morgan fingerprint density at radius 2 is 2.00 bits per heavy atom. The highest BCUT2D eigenvalue weighted by Crippen LogP contribution is 2.23. The molecule has 0 aliphatic carbocycles. The minimum atomic E-state index is -3.56. The monoisotopic (exact) mass is 419 g/mol. The Kier molecular flexibility index (Phi) is 5.94. The molecule has 0 spiro atoms. The second-order valence-corrected chi connectivity index (χ2v) is 8.77. The van der Waals surface area contributed by atoms with Crippen LogP contribution in [-0.4, -0.2) is 47.3 Å². The summed E-state index contributed by atoms with van der Waals surface area (Å²) in [6.07, 6.45) is 1.56. The van der Waals surface area contributed by atoms with E-state index in [4.69, 9.17) is 0 Å². The van der Waals surface area contributed by atoms with Gasteiger partial charge in [0.05, 0.1) is 22.1 Å². The van der Waals surface area contributed by atoms with E-state index >= 15 is 0 Å². The molecule has 0 unspecified atom stereocenters. The number of anilines is 1. The molecule has 2 heterocycles. The van der Waals surface area contributed by atoms with Crippen LogP contribution in [0, 0.1) is 5.82 Å². The van der Waals surface area contributed by atoms with Crippen molar-refractivity contribution in [1.82, 2.24) is 18.8 Å². The lowest BCUT2D eigenvalue weighted by Crippen LogP contribution is -2.22. The first-order chi connectivity index (χ1) is 13.7. The van der Waals surface area contributed by atoms with Gasteiger partial charge in [-0.15, -0.1) is 0 Å². The van der Waals surface area contributed by atoms with E-state index in [-0.39, 0.29) is 23.0 Å². The molecule has 0 fully saturated rings. The molecule has 29 heavy (non-hydrogen) atoms. The third-order valence-corrected chi connectivity index (χ3v) is 6.28. The summed E-state index contributed by atoms with van der Waals surface area (Å²) in [5, 5.41) is 2.61. The maximum atomic E-state index is 12.9. The summed E-state index contributed by atoms with van der Waals surface area (Å²) in [5.41, 5.74) is 1.37. The van der Waals surface area contributed by atoms with Gasteiger partial charge in [-0.05, 0) is 37.3 Å². The summed E-state index contributed by atoms with van der Waals surface area (Å²) in [5.74, 6) is 0.216. The van der Waals surface area contributed by atoms with E-state index in [0.717, 1.165) is 16.0 Å². The number of rotatable bonds is 7. The predicted molar refractivity (Wildman–Crippen MR) is 107 cm³/mol. The number of fused-ring (bicyclic) bond motifs is 1. The highest BCUT2D eigenvalue weighted by molar-refractivity contribution is 7.89. The molecule has 0 atom stereocenters. The van der Waals surface area contributed by atoms with Gasteiger partial charge in [-0.1, -0.05) is 0 Å². The fraction of sp³-hybridized carbons (Fsp3) is 0.316. The SMILES string of the molecule is CCn1c(CCC(=O)Nc2ccc(F)cn2)nc2cc(S(=O)(=O)N(C)C)ccc21. The quantitative estimate of drug-likeness (QED) is 0.634. The van der Waals surface area contributed by atoms with Crippen LogP contribution in [0.15, 0.2) is 41.4 Å². The largest absolute Gasteiger partial charge is 0.328 e. The molecule has 0 aliphatic heterocycles. The van der Waals surface area contributed by atoms with Crippen LogP contribution in [0.3, 0.4) is 0 Å². The van der Waals surface area contributed by atoms with E-state index < -0.39 is 15.8 Å². The van der Waals surface area contributed by atoms with Crippen LogP contribution in [0.4, 0.5) is 10.2 Å². The number of hydrogen-bond donors (Lipinski definition) is 1. The van der Waals surface area contributed by atoms with E-state index in [1.807, 2.05) is 11.5 Å². The van der Waals surface area contributed by atoms with Gasteiger partial charge in [-0.25, -0.2) is 27.1 Å². The van der Waals surface area contributed by atoms with Gasteiger partial charge in [0.1, 0.15) is 17.5 Å². The fourth-order valence-electron chi connectivity index (χ4n) is 2.95. The van der Waals surface area contributed by atoms with Crippen molar-refractivity contribution in [2.24, 2.45) is 0 Å². The van der Waals surface area contributed by atoms with Gasteiger partial charge in [-0.2, -0.15) is 0 Å². The van der Waals surface area contributed by atoms with Crippen LogP contribution in [0.1, 0.15) is 19.2 Å². The molecule has 0 bridgehead atoms. The molecule has 1 amide bonds. The van der Waals surface area contributed by atoms with Crippen LogP contribution in [0.25, 0.3) is 11.0 Å². The summed E-state index contributed by atoms with van der Waals surface area (Å²) in [7, 11) is -0.603. The van der Waals surface area contributed by atoms with Gasteiger partial charge in [0, 0.05) is 33.5 Å². The predicted octanol–water partition coefficient (Wildman–Crippen LogP) is 2.41. The summed E-state index contributed by atoms with van der Waals surface area (Å²) < 4.78 is 40.7. The Labute approximate surface area is 168 Å². The van der Waals surface area contributed by atoms with E-state index in [9.17, 15) is 17.6 Å². The van der Waals surface area contributed by atoms with Crippen molar-refractivity contribution in [1.29, 1.82) is 0 Å². The van der Waals surface area contributed by atoms with Crippen LogP contribution >= 0.6 is 0 Å². The zero-order valence-electron chi connectivity index (χ0n) is 16.4. The van der Waals surface area contributed by atoms with Crippen LogP contribution in [0.5, 0.6) is 0 Å². The normalized spacial score (nSPS) is 11.9. The molecular formula is C19H22FN5O3S. The molecule has 154 valence electrons. The number of nitrogens with zero attached hydrogens (tertiary/aromatic N) is 4. The first-order valence-corrected chi connectivity index (χ1v) is 10.5. The Morgan fingerprint density at radius 3 is 2.62 bits per heavy atom. The van der Waals surface area contributed by atoms with Crippen molar-refractivity contribution in [3.8, 4) is 0 Å². The van der Waals surface area contributed by atoms with Gasteiger partial charge in [0.15, 0.2) is 0 Å². The van der Waals surface area contributed by atoms with Crippen LogP contribution < -0.4 is 5.32 Å². The lowest BCUT2D eigenvalue weighted by molar-refractivity contribution is -0.116. The summed E-state index contributed by atoms with van der Waals surface area (Å²) >= 11 is 0. The topological polar surface area (TPSA) is 97.2 Å². The molecule has 2 aromatic heterocycles. The van der Waals surface area contributed by atoms with Crippen molar-refractivity contribution in [2.75, 3.05) is 19.4 Å². The smallest absolute Gasteiger partial charge is 0.242 e. The third kappa shape index (κ3) is 4.43. The van der Waals surface area contributed by atoms with Gasteiger partial charge >= 0.3 is 0 Å². The van der Waals surface area contributed by atoms with Crippen molar-refractivity contribution in [3.63, 3.8) is 0 Å². The molecule has 10 heteroatoms. The highest BCUT2D eigenvalue weighted by atomic mass is 32.2. The number of carbonyl (C=O) groups is 1. The Hall–Kier alpha value is -2.85. The number of aromatic nitrogens is 3. The number of sulfonamides is 1. The lowest BCUT2D eigenvalue weighted by atomic mass is 10.2.